The highest BCUT2D eigenvalue weighted by Gasteiger charge is 2.25. The molecule has 1 saturated heterocycles. The third kappa shape index (κ3) is 5.85. The normalized spacial score (nSPS) is 15.5. The molecule has 1 aliphatic rings. The van der Waals surface area contributed by atoms with E-state index in [1.807, 2.05) is 6.92 Å². The van der Waals surface area contributed by atoms with Crippen LogP contribution in [0.15, 0.2) is 24.3 Å². The van der Waals surface area contributed by atoms with E-state index in [1.54, 1.807) is 0 Å². The van der Waals surface area contributed by atoms with Gasteiger partial charge in [0.25, 0.3) is 0 Å². The molecule has 0 radical (unpaired) electrons. The minimum Gasteiger partial charge on any atom is -0.466 e. The van der Waals surface area contributed by atoms with Gasteiger partial charge in [-0.05, 0) is 50.3 Å². The lowest BCUT2D eigenvalue weighted by Gasteiger charge is -2.32. The van der Waals surface area contributed by atoms with Crippen molar-refractivity contribution in [3.8, 4) is 0 Å². The molecule has 1 aromatic carbocycles. The van der Waals surface area contributed by atoms with Crippen molar-refractivity contribution in [3.63, 3.8) is 0 Å². The van der Waals surface area contributed by atoms with E-state index in [0.29, 0.717) is 6.61 Å². The van der Waals surface area contributed by atoms with Crippen LogP contribution in [0.25, 0.3) is 0 Å². The van der Waals surface area contributed by atoms with Gasteiger partial charge in [0.05, 0.1) is 12.5 Å². The molecule has 3 heteroatoms. The molecule has 1 fully saturated rings. The fourth-order valence-electron chi connectivity index (χ4n) is 3.44. The second-order valence-corrected chi connectivity index (χ2v) is 6.84. The van der Waals surface area contributed by atoms with Gasteiger partial charge in [-0.2, -0.15) is 0 Å². The number of unbranched alkanes of at least 4 members (excludes halogenated alkanes) is 4. The zero-order valence-corrected chi connectivity index (χ0v) is 15.4. The first-order chi connectivity index (χ1) is 11.7. The number of benzene rings is 1. The molecule has 24 heavy (non-hydrogen) atoms. The molecule has 0 bridgehead atoms. The van der Waals surface area contributed by atoms with E-state index in [-0.39, 0.29) is 11.9 Å². The quantitative estimate of drug-likeness (QED) is 0.472. The highest BCUT2D eigenvalue weighted by atomic mass is 16.5. The van der Waals surface area contributed by atoms with Crippen LogP contribution < -0.4 is 4.90 Å². The molecule has 0 saturated carbocycles. The van der Waals surface area contributed by atoms with Crippen molar-refractivity contribution in [2.24, 2.45) is 5.92 Å². The Morgan fingerprint density at radius 1 is 1.04 bits per heavy atom. The molecule has 0 N–H and O–H groups in total. The van der Waals surface area contributed by atoms with Gasteiger partial charge in [-0.25, -0.2) is 0 Å². The number of rotatable bonds is 9. The zero-order valence-electron chi connectivity index (χ0n) is 15.4. The topological polar surface area (TPSA) is 29.5 Å². The summed E-state index contributed by atoms with van der Waals surface area (Å²) in [5, 5.41) is 0. The molecule has 1 heterocycles. The molecule has 0 aromatic heterocycles. The number of carbonyl (C=O) groups excluding carboxylic acids is 1. The van der Waals surface area contributed by atoms with Crippen LogP contribution in [-0.2, 0) is 16.0 Å². The van der Waals surface area contributed by atoms with Crippen molar-refractivity contribution in [2.75, 3.05) is 24.6 Å². The van der Waals surface area contributed by atoms with E-state index in [9.17, 15) is 4.79 Å². The first-order valence-electron chi connectivity index (χ1n) is 9.75. The largest absolute Gasteiger partial charge is 0.466 e. The third-order valence-electron chi connectivity index (χ3n) is 4.99. The summed E-state index contributed by atoms with van der Waals surface area (Å²) in [6.07, 6.45) is 9.67. The lowest BCUT2D eigenvalue weighted by atomic mass is 9.96. The van der Waals surface area contributed by atoms with Crippen molar-refractivity contribution >= 4 is 11.7 Å². The number of piperidine rings is 1. The fraction of sp³-hybridized carbons (Fsp3) is 0.667. The molecule has 1 aliphatic heterocycles. The second-order valence-electron chi connectivity index (χ2n) is 6.84. The van der Waals surface area contributed by atoms with E-state index in [1.165, 1.54) is 49.8 Å². The van der Waals surface area contributed by atoms with Crippen molar-refractivity contribution in [1.29, 1.82) is 0 Å². The minimum atomic E-state index is -0.0180. The van der Waals surface area contributed by atoms with Gasteiger partial charge >= 0.3 is 5.97 Å². The molecular formula is C21H33NO2. The molecule has 2 rings (SSSR count). The van der Waals surface area contributed by atoms with Gasteiger partial charge in [0.1, 0.15) is 0 Å². The summed E-state index contributed by atoms with van der Waals surface area (Å²) < 4.78 is 5.14. The summed E-state index contributed by atoms with van der Waals surface area (Å²) >= 11 is 0. The summed E-state index contributed by atoms with van der Waals surface area (Å²) in [5.41, 5.74) is 2.73. The molecule has 0 atom stereocenters. The van der Waals surface area contributed by atoms with E-state index in [2.05, 4.69) is 36.1 Å². The summed E-state index contributed by atoms with van der Waals surface area (Å²) in [7, 11) is 0. The van der Waals surface area contributed by atoms with Crippen molar-refractivity contribution < 1.29 is 9.53 Å². The van der Waals surface area contributed by atoms with E-state index < -0.39 is 0 Å². The van der Waals surface area contributed by atoms with E-state index in [4.69, 9.17) is 4.74 Å². The van der Waals surface area contributed by atoms with Gasteiger partial charge in [0.2, 0.25) is 0 Å². The predicted octanol–water partition coefficient (Wildman–Crippen LogP) is 4.98. The van der Waals surface area contributed by atoms with Gasteiger partial charge in [-0.15, -0.1) is 0 Å². The summed E-state index contributed by atoms with van der Waals surface area (Å²) in [6, 6.07) is 9.03. The average Bonchev–Trinajstić information content (AvgIpc) is 2.62. The Kier molecular flexibility index (Phi) is 8.14. The molecule has 0 aliphatic carbocycles. The lowest BCUT2D eigenvalue weighted by Crippen LogP contribution is -2.36. The molecule has 0 spiro atoms. The van der Waals surface area contributed by atoms with Crippen molar-refractivity contribution in [3.05, 3.63) is 29.8 Å². The summed E-state index contributed by atoms with van der Waals surface area (Å²) in [6.45, 7) is 6.51. The van der Waals surface area contributed by atoms with Crippen LogP contribution in [0.3, 0.4) is 0 Å². The SMILES string of the molecule is CCCCCCCc1ccc(N2CCC(C(=O)OCC)CC2)cc1. The number of esters is 1. The number of hydrogen-bond acceptors (Lipinski definition) is 3. The van der Waals surface area contributed by atoms with Gasteiger partial charge in [-0.1, -0.05) is 44.7 Å². The Morgan fingerprint density at radius 2 is 1.71 bits per heavy atom. The number of aryl methyl sites for hydroxylation is 1. The van der Waals surface area contributed by atoms with Crippen LogP contribution in [0, 0.1) is 5.92 Å². The third-order valence-corrected chi connectivity index (χ3v) is 4.99. The van der Waals surface area contributed by atoms with Gasteiger partial charge in [0, 0.05) is 18.8 Å². The molecule has 1 aromatic rings. The van der Waals surface area contributed by atoms with Crippen LogP contribution in [-0.4, -0.2) is 25.7 Å². The Balaban J connectivity index is 1.74. The molecule has 3 nitrogen and oxygen atoms in total. The Bertz CT molecular complexity index is 475. The standard InChI is InChI=1S/C21H33NO2/c1-3-5-6-7-8-9-18-10-12-20(13-11-18)22-16-14-19(15-17-22)21(23)24-4-2/h10-13,19H,3-9,14-17H2,1-2H3. The van der Waals surface area contributed by atoms with E-state index in [0.717, 1.165) is 25.9 Å². The Hall–Kier alpha value is -1.51. The van der Waals surface area contributed by atoms with Crippen molar-refractivity contribution in [2.45, 2.75) is 65.2 Å². The average molecular weight is 332 g/mol. The highest BCUT2D eigenvalue weighted by molar-refractivity contribution is 5.72. The Morgan fingerprint density at radius 3 is 2.33 bits per heavy atom. The van der Waals surface area contributed by atoms with Crippen LogP contribution in [0.1, 0.15) is 64.4 Å². The number of ether oxygens (including phenoxy) is 1. The zero-order chi connectivity index (χ0) is 17.2. The smallest absolute Gasteiger partial charge is 0.309 e. The minimum absolute atomic E-state index is 0.0180. The van der Waals surface area contributed by atoms with Gasteiger partial charge in [-0.3, -0.25) is 4.79 Å². The van der Waals surface area contributed by atoms with Gasteiger partial charge < -0.3 is 9.64 Å². The number of hydrogen-bond donors (Lipinski definition) is 0. The van der Waals surface area contributed by atoms with E-state index >= 15 is 0 Å². The van der Waals surface area contributed by atoms with Crippen LogP contribution >= 0.6 is 0 Å². The fourth-order valence-corrected chi connectivity index (χ4v) is 3.44. The number of anilines is 1. The maximum absolute atomic E-state index is 11.8. The lowest BCUT2D eigenvalue weighted by molar-refractivity contribution is -0.148. The first-order valence-corrected chi connectivity index (χ1v) is 9.75. The van der Waals surface area contributed by atoms with Crippen LogP contribution in [0.4, 0.5) is 5.69 Å². The maximum Gasteiger partial charge on any atom is 0.309 e. The molecule has 0 unspecified atom stereocenters. The monoisotopic (exact) mass is 331 g/mol. The molecule has 134 valence electrons. The number of nitrogens with zero attached hydrogens (tertiary/aromatic N) is 1. The van der Waals surface area contributed by atoms with Crippen LogP contribution in [0.2, 0.25) is 0 Å². The second kappa shape index (κ2) is 10.4. The predicted molar refractivity (Wildman–Crippen MR) is 100 cm³/mol. The van der Waals surface area contributed by atoms with Crippen molar-refractivity contribution in [1.82, 2.24) is 0 Å². The number of carbonyl (C=O) groups is 1. The highest BCUT2D eigenvalue weighted by Crippen LogP contribution is 2.24. The molecular weight excluding hydrogens is 298 g/mol. The first kappa shape index (κ1) is 18.8. The summed E-state index contributed by atoms with van der Waals surface area (Å²) in [4.78, 5) is 14.2. The molecule has 0 amide bonds. The van der Waals surface area contributed by atoms with Gasteiger partial charge in [0.15, 0.2) is 0 Å². The maximum atomic E-state index is 11.8. The summed E-state index contributed by atoms with van der Waals surface area (Å²) in [5.74, 6) is 0.0687. The Labute approximate surface area is 147 Å². The van der Waals surface area contributed by atoms with Crippen LogP contribution in [0.5, 0.6) is 0 Å².